The van der Waals surface area contributed by atoms with Gasteiger partial charge in [-0.2, -0.15) is 0 Å². The van der Waals surface area contributed by atoms with Gasteiger partial charge in [0.15, 0.2) is 5.54 Å². The molecule has 2 aromatic rings. The third-order valence-corrected chi connectivity index (χ3v) is 8.38. The fraction of sp³-hybridized carbons (Fsp3) is 0.385. The maximum absolute atomic E-state index is 13.8. The van der Waals surface area contributed by atoms with E-state index in [0.29, 0.717) is 23.5 Å². The van der Waals surface area contributed by atoms with E-state index in [9.17, 15) is 19.2 Å². The summed E-state index contributed by atoms with van der Waals surface area (Å²) in [6.45, 7) is 7.06. The number of urea groups is 1. The molecule has 1 atom stereocenters. The van der Waals surface area contributed by atoms with E-state index in [1.807, 2.05) is 6.07 Å². The fourth-order valence-corrected chi connectivity index (χ4v) is 5.23. The first-order chi connectivity index (χ1) is 17.4. The minimum absolute atomic E-state index is 0.102. The third-order valence-electron chi connectivity index (χ3n) is 6.68. The Morgan fingerprint density at radius 2 is 1.81 bits per heavy atom. The van der Waals surface area contributed by atoms with Gasteiger partial charge in [0.2, 0.25) is 5.91 Å². The number of hydrogen-bond donors (Lipinski definition) is 2. The summed E-state index contributed by atoms with van der Waals surface area (Å²) in [7, 11) is 0.171. The minimum Gasteiger partial charge on any atom is -0.497 e. The topological polar surface area (TPSA) is 131 Å². The number of rotatable bonds is 10. The number of fused-ring (bicyclic) bond motifs is 1. The summed E-state index contributed by atoms with van der Waals surface area (Å²) < 4.78 is 11.0. The van der Waals surface area contributed by atoms with Gasteiger partial charge in [-0.1, -0.05) is 37.8 Å². The standard InChI is InChI=1S/C26H32N4O6Si/c1-35-20-10-7-18-14-29(23(32)21(18)13-20)15-26(19-8-5-17(6-9-19)22(27)31)24(33)30(25(34)28-26)16-36-11-12-37(2,3)4/h5-10,13H,11-12,14-16H2,1-4H3,(H2,27,31)(H,28,34)/t26-/m0/s1. The zero-order chi connectivity index (χ0) is 27.0. The molecule has 5 amide bonds. The van der Waals surface area contributed by atoms with Crippen LogP contribution < -0.4 is 15.8 Å². The summed E-state index contributed by atoms with van der Waals surface area (Å²) in [6, 6.07) is 11.7. The van der Waals surface area contributed by atoms with Crippen LogP contribution in [0.5, 0.6) is 5.75 Å². The molecular formula is C26H32N4O6Si. The molecule has 0 aliphatic carbocycles. The van der Waals surface area contributed by atoms with Crippen LogP contribution in [-0.2, 0) is 21.6 Å². The molecule has 1 fully saturated rings. The van der Waals surface area contributed by atoms with Gasteiger partial charge in [0.1, 0.15) is 12.5 Å². The van der Waals surface area contributed by atoms with E-state index < -0.39 is 31.5 Å². The molecule has 2 aliphatic heterocycles. The Morgan fingerprint density at radius 3 is 2.43 bits per heavy atom. The van der Waals surface area contributed by atoms with E-state index >= 15 is 0 Å². The summed E-state index contributed by atoms with van der Waals surface area (Å²) in [6.07, 6.45) is 0. The summed E-state index contributed by atoms with van der Waals surface area (Å²) >= 11 is 0. The summed E-state index contributed by atoms with van der Waals surface area (Å²) in [5.41, 5.74) is 5.81. The first kappa shape index (κ1) is 26.4. The first-order valence-corrected chi connectivity index (χ1v) is 15.7. The van der Waals surface area contributed by atoms with Crippen molar-refractivity contribution in [1.29, 1.82) is 0 Å². The quantitative estimate of drug-likeness (QED) is 0.279. The number of imide groups is 1. The molecule has 4 rings (SSSR count). The summed E-state index contributed by atoms with van der Waals surface area (Å²) in [5, 5.41) is 2.82. The number of ether oxygens (including phenoxy) is 2. The largest absolute Gasteiger partial charge is 0.497 e. The highest BCUT2D eigenvalue weighted by Crippen LogP contribution is 2.34. The number of carbonyl (C=O) groups is 4. The number of nitrogens with two attached hydrogens (primary N) is 1. The Balaban J connectivity index is 1.63. The normalized spacial score (nSPS) is 19.3. The summed E-state index contributed by atoms with van der Waals surface area (Å²) in [4.78, 5) is 54.3. The molecule has 0 radical (unpaired) electrons. The predicted molar refractivity (Wildman–Crippen MR) is 139 cm³/mol. The van der Waals surface area contributed by atoms with Gasteiger partial charge < -0.3 is 25.4 Å². The predicted octanol–water partition coefficient (Wildman–Crippen LogP) is 2.51. The van der Waals surface area contributed by atoms with E-state index in [-0.39, 0.29) is 31.3 Å². The highest BCUT2D eigenvalue weighted by atomic mass is 28.3. The fourth-order valence-electron chi connectivity index (χ4n) is 4.47. The molecule has 37 heavy (non-hydrogen) atoms. The molecule has 0 saturated carbocycles. The van der Waals surface area contributed by atoms with Gasteiger partial charge in [-0.3, -0.25) is 14.4 Å². The van der Waals surface area contributed by atoms with Crippen molar-refractivity contribution in [2.45, 2.75) is 37.8 Å². The molecule has 3 N–H and O–H groups in total. The van der Waals surface area contributed by atoms with Crippen molar-refractivity contribution >= 4 is 31.8 Å². The van der Waals surface area contributed by atoms with Gasteiger partial charge in [0.25, 0.3) is 11.8 Å². The second-order valence-electron chi connectivity index (χ2n) is 10.5. The molecule has 2 aliphatic rings. The zero-order valence-corrected chi connectivity index (χ0v) is 22.5. The monoisotopic (exact) mass is 524 g/mol. The SMILES string of the molecule is COc1ccc2c(c1)C(=O)N(C[C@@]1(c3ccc(C(N)=O)cc3)NC(=O)N(COCC[Si](C)(C)C)C1=O)C2. The lowest BCUT2D eigenvalue weighted by molar-refractivity contribution is -0.135. The second-order valence-corrected chi connectivity index (χ2v) is 16.2. The van der Waals surface area contributed by atoms with Crippen molar-refractivity contribution in [1.82, 2.24) is 15.1 Å². The summed E-state index contributed by atoms with van der Waals surface area (Å²) in [5.74, 6) is -0.857. The molecular weight excluding hydrogens is 492 g/mol. The van der Waals surface area contributed by atoms with E-state index in [4.69, 9.17) is 15.2 Å². The number of methoxy groups -OCH3 is 1. The molecule has 0 unspecified atom stereocenters. The van der Waals surface area contributed by atoms with Gasteiger partial charge in [-0.25, -0.2) is 9.69 Å². The van der Waals surface area contributed by atoms with Crippen LogP contribution >= 0.6 is 0 Å². The third kappa shape index (κ3) is 5.23. The van der Waals surface area contributed by atoms with Crippen molar-refractivity contribution in [3.63, 3.8) is 0 Å². The lowest BCUT2D eigenvalue weighted by Crippen LogP contribution is -2.53. The van der Waals surface area contributed by atoms with Crippen molar-refractivity contribution in [3.05, 3.63) is 64.7 Å². The van der Waals surface area contributed by atoms with Crippen LogP contribution in [0.2, 0.25) is 25.7 Å². The number of carbonyl (C=O) groups excluding carboxylic acids is 4. The lowest BCUT2D eigenvalue weighted by atomic mass is 9.88. The molecule has 11 heteroatoms. The van der Waals surface area contributed by atoms with Gasteiger partial charge in [-0.15, -0.1) is 0 Å². The minimum atomic E-state index is -1.56. The van der Waals surface area contributed by atoms with Gasteiger partial charge >= 0.3 is 6.03 Å². The second kappa shape index (κ2) is 9.98. The number of nitrogens with one attached hydrogen (secondary N) is 1. The van der Waals surface area contributed by atoms with Crippen LogP contribution in [0.4, 0.5) is 4.79 Å². The molecule has 1 saturated heterocycles. The molecule has 2 aromatic carbocycles. The Hall–Kier alpha value is -3.70. The van der Waals surface area contributed by atoms with Crippen molar-refractivity contribution in [2.75, 3.05) is 27.0 Å². The number of primary amides is 1. The number of benzene rings is 2. The molecule has 0 aromatic heterocycles. The average molecular weight is 525 g/mol. The Morgan fingerprint density at radius 1 is 1.11 bits per heavy atom. The average Bonchev–Trinajstić information content (AvgIpc) is 3.29. The van der Waals surface area contributed by atoms with E-state index in [0.717, 1.165) is 16.5 Å². The Bertz CT molecular complexity index is 1240. The van der Waals surface area contributed by atoms with E-state index in [2.05, 4.69) is 25.0 Å². The highest BCUT2D eigenvalue weighted by Gasteiger charge is 2.54. The number of nitrogens with zero attached hydrogens (tertiary/aromatic N) is 2. The van der Waals surface area contributed by atoms with Crippen molar-refractivity contribution < 1.29 is 28.7 Å². The van der Waals surface area contributed by atoms with Crippen molar-refractivity contribution in [2.24, 2.45) is 5.73 Å². The van der Waals surface area contributed by atoms with Crippen LogP contribution in [0.25, 0.3) is 0 Å². The maximum atomic E-state index is 13.8. The van der Waals surface area contributed by atoms with Gasteiger partial charge in [0.05, 0.1) is 13.7 Å². The lowest BCUT2D eigenvalue weighted by Gasteiger charge is -2.32. The van der Waals surface area contributed by atoms with Crippen LogP contribution in [0.15, 0.2) is 42.5 Å². The zero-order valence-electron chi connectivity index (χ0n) is 21.5. The van der Waals surface area contributed by atoms with Crippen LogP contribution in [0, 0.1) is 0 Å². The molecule has 2 heterocycles. The van der Waals surface area contributed by atoms with E-state index in [1.54, 1.807) is 24.3 Å². The molecule has 196 valence electrons. The van der Waals surface area contributed by atoms with Gasteiger partial charge in [-0.05, 0) is 41.4 Å². The number of hydrogen-bond acceptors (Lipinski definition) is 6. The Kier molecular flexibility index (Phi) is 7.11. The van der Waals surface area contributed by atoms with Crippen LogP contribution in [0.3, 0.4) is 0 Å². The number of amides is 5. The first-order valence-electron chi connectivity index (χ1n) is 12.0. The molecule has 10 nitrogen and oxygen atoms in total. The van der Waals surface area contributed by atoms with Gasteiger partial charge in [0, 0.05) is 32.4 Å². The van der Waals surface area contributed by atoms with Crippen molar-refractivity contribution in [3.8, 4) is 5.75 Å². The van der Waals surface area contributed by atoms with E-state index in [1.165, 1.54) is 24.1 Å². The van der Waals surface area contributed by atoms with Crippen LogP contribution in [-0.4, -0.2) is 68.6 Å². The van der Waals surface area contributed by atoms with Crippen LogP contribution in [0.1, 0.15) is 31.8 Å². The Labute approximate surface area is 216 Å². The highest BCUT2D eigenvalue weighted by molar-refractivity contribution is 6.76. The molecule has 0 spiro atoms. The maximum Gasteiger partial charge on any atom is 0.327 e. The molecule has 0 bridgehead atoms. The smallest absolute Gasteiger partial charge is 0.327 e.